The molecule has 0 bridgehead atoms. The summed E-state index contributed by atoms with van der Waals surface area (Å²) in [6, 6.07) is 20.1. The topological polar surface area (TPSA) is 201 Å². The van der Waals surface area contributed by atoms with Crippen molar-refractivity contribution >= 4 is 44.0 Å². The van der Waals surface area contributed by atoms with Crippen molar-refractivity contribution in [2.24, 2.45) is 11.3 Å². The van der Waals surface area contributed by atoms with Crippen molar-refractivity contribution in [2.75, 3.05) is 49.6 Å². The van der Waals surface area contributed by atoms with E-state index in [-0.39, 0.29) is 65.0 Å². The smallest absolute Gasteiger partial charge is 0.297 e. The molecule has 0 radical (unpaired) electrons. The van der Waals surface area contributed by atoms with E-state index < -0.39 is 37.0 Å². The summed E-state index contributed by atoms with van der Waals surface area (Å²) in [5.74, 6) is 0.660. The SMILES string of the molecule is CCOc1nc2[nH]ccc2cc1Oc1cc(N2CCC3(CC2)CN([C@H]2CCC[C@H]2c2ccccc2C(C)C)C3)ccc1C(=O)NS(=O)(=O)c1cc2c(c([N+](=O)[O-])c1)N[C@@H](C1CCC(C)(O)CC1)CO2. The van der Waals surface area contributed by atoms with Gasteiger partial charge >= 0.3 is 0 Å². The number of benzene rings is 3. The molecule has 10 rings (SSSR count). The quantitative estimate of drug-likeness (QED) is 0.0643. The molecule has 2 saturated heterocycles. The molecule has 16 nitrogen and oxygen atoms in total. The number of fused-ring (bicyclic) bond motifs is 2. The Balaban J connectivity index is 0.881. The lowest BCUT2D eigenvalue weighted by Gasteiger charge is -2.57. The molecule has 5 aromatic rings. The summed E-state index contributed by atoms with van der Waals surface area (Å²) < 4.78 is 48.7. The molecule has 3 atom stereocenters. The van der Waals surface area contributed by atoms with Gasteiger partial charge in [0.15, 0.2) is 17.2 Å². The Kier molecular flexibility index (Phi) is 12.5. The van der Waals surface area contributed by atoms with E-state index in [4.69, 9.17) is 14.2 Å². The standard InChI is InChI=1S/C52H63N7O9S/c1-5-66-50-46(25-34-17-22-53-48(34)55-50)68-44-26-35(57-23-20-52(21-24-57)30-58(31-52)42-12-8-11-39(42)38-10-7-6-9-37(38)32(2)3)13-14-40(44)49(60)56-69(64,65)36-27-43(59(62)63)47-45(28-36)67-29-41(54-47)33-15-18-51(4,61)19-16-33/h6-7,9-10,13-14,17,22,25-28,32-33,39,41-42,54,61H,5,8,11-12,15-16,18-21,23-24,29-31H2,1-4H3,(H,53,55)(H,56,60)/t33?,39-,41+,42-,51?/m0/s1. The van der Waals surface area contributed by atoms with Crippen LogP contribution in [0.3, 0.4) is 0 Å². The summed E-state index contributed by atoms with van der Waals surface area (Å²) in [6.07, 6.45) is 10.1. The van der Waals surface area contributed by atoms with Crippen molar-refractivity contribution in [1.82, 2.24) is 19.6 Å². The van der Waals surface area contributed by atoms with Crippen LogP contribution in [0.15, 0.2) is 77.8 Å². The van der Waals surface area contributed by atoms with Gasteiger partial charge in [0.2, 0.25) is 0 Å². The molecular weight excluding hydrogens is 899 g/mol. The largest absolute Gasteiger partial charge is 0.489 e. The second-order valence-corrected chi connectivity index (χ2v) is 22.3. The monoisotopic (exact) mass is 961 g/mol. The van der Waals surface area contributed by atoms with Gasteiger partial charge in [-0.1, -0.05) is 44.5 Å². The van der Waals surface area contributed by atoms with E-state index in [1.54, 1.807) is 37.4 Å². The summed E-state index contributed by atoms with van der Waals surface area (Å²) in [5, 5.41) is 26.9. The molecular formula is C52H63N7O9S. The van der Waals surface area contributed by atoms with Crippen LogP contribution < -0.4 is 29.1 Å². The molecule has 3 aromatic carbocycles. The molecule has 2 aliphatic carbocycles. The first kappa shape index (κ1) is 46.8. The Morgan fingerprint density at radius 1 is 1.01 bits per heavy atom. The van der Waals surface area contributed by atoms with E-state index in [2.05, 4.69) is 67.9 Å². The van der Waals surface area contributed by atoms with Gasteiger partial charge in [-0.3, -0.25) is 19.8 Å². The van der Waals surface area contributed by atoms with Crippen molar-refractivity contribution in [3.05, 3.63) is 99.7 Å². The van der Waals surface area contributed by atoms with Crippen LogP contribution in [0.25, 0.3) is 11.0 Å². The van der Waals surface area contributed by atoms with Gasteiger partial charge in [0, 0.05) is 67.7 Å². The van der Waals surface area contributed by atoms with Gasteiger partial charge in [0.1, 0.15) is 18.0 Å². The zero-order valence-electron chi connectivity index (χ0n) is 39.8. The van der Waals surface area contributed by atoms with Gasteiger partial charge < -0.3 is 34.5 Å². The lowest BCUT2D eigenvalue weighted by atomic mass is 9.70. The highest BCUT2D eigenvalue weighted by Gasteiger charge is 2.49. The molecule has 1 spiro atoms. The molecule has 4 fully saturated rings. The molecule has 2 saturated carbocycles. The second-order valence-electron chi connectivity index (χ2n) is 20.6. The van der Waals surface area contributed by atoms with Gasteiger partial charge in [-0.05, 0) is 124 Å². The minimum Gasteiger partial charge on any atom is -0.489 e. The molecule has 17 heteroatoms. The number of H-pyrrole nitrogens is 1. The maximum Gasteiger partial charge on any atom is 0.297 e. The van der Waals surface area contributed by atoms with Crippen LogP contribution in [0, 0.1) is 21.4 Å². The van der Waals surface area contributed by atoms with Crippen molar-refractivity contribution in [2.45, 2.75) is 120 Å². The lowest BCUT2D eigenvalue weighted by Crippen LogP contribution is -2.63. The van der Waals surface area contributed by atoms with Crippen LogP contribution in [-0.4, -0.2) is 96.3 Å². The van der Waals surface area contributed by atoms with Crippen molar-refractivity contribution in [1.29, 1.82) is 0 Å². The highest BCUT2D eigenvalue weighted by molar-refractivity contribution is 7.90. The number of nitro benzene ring substituents is 1. The first-order chi connectivity index (χ1) is 33.1. The van der Waals surface area contributed by atoms with Crippen LogP contribution in [-0.2, 0) is 10.0 Å². The third kappa shape index (κ3) is 9.32. The number of ether oxygens (including phenoxy) is 3. The minimum atomic E-state index is -4.70. The predicted molar refractivity (Wildman–Crippen MR) is 263 cm³/mol. The highest BCUT2D eigenvalue weighted by Crippen LogP contribution is 2.49. The molecule has 1 amide bonds. The molecule has 5 heterocycles. The second kappa shape index (κ2) is 18.4. The lowest BCUT2D eigenvalue weighted by molar-refractivity contribution is -0.384. The Labute approximate surface area is 403 Å². The van der Waals surface area contributed by atoms with Crippen molar-refractivity contribution in [3.8, 4) is 23.1 Å². The zero-order chi connectivity index (χ0) is 48.2. The maximum absolute atomic E-state index is 14.3. The first-order valence-corrected chi connectivity index (χ1v) is 26.1. The van der Waals surface area contributed by atoms with Gasteiger partial charge in [-0.25, -0.2) is 13.1 Å². The van der Waals surface area contributed by atoms with Gasteiger partial charge in [0.05, 0.1) is 33.6 Å². The molecule has 2 aromatic heterocycles. The van der Waals surface area contributed by atoms with Crippen LogP contribution >= 0.6 is 0 Å². The first-order valence-electron chi connectivity index (χ1n) is 24.6. The Morgan fingerprint density at radius 3 is 2.52 bits per heavy atom. The number of sulfonamides is 1. The third-order valence-corrected chi connectivity index (χ3v) is 16.9. The van der Waals surface area contributed by atoms with Gasteiger partial charge in [0.25, 0.3) is 27.5 Å². The van der Waals surface area contributed by atoms with E-state index in [1.165, 1.54) is 36.5 Å². The number of nitro groups is 1. The fourth-order valence-corrected chi connectivity index (χ4v) is 12.8. The van der Waals surface area contributed by atoms with E-state index in [0.717, 1.165) is 56.2 Å². The maximum atomic E-state index is 14.3. The average molecular weight is 962 g/mol. The van der Waals surface area contributed by atoms with Gasteiger partial charge in [-0.2, -0.15) is 4.98 Å². The summed E-state index contributed by atoms with van der Waals surface area (Å²) in [4.78, 5) is 38.3. The normalized spacial score (nSPS) is 24.6. The summed E-state index contributed by atoms with van der Waals surface area (Å²) >= 11 is 0. The number of piperidine rings is 1. The number of pyridine rings is 1. The fraction of sp³-hybridized carbons (Fsp3) is 0.500. The van der Waals surface area contributed by atoms with Crippen molar-refractivity contribution < 1.29 is 37.5 Å². The molecule has 69 heavy (non-hydrogen) atoms. The van der Waals surface area contributed by atoms with E-state index >= 15 is 0 Å². The Bertz CT molecular complexity index is 2860. The number of rotatable bonds is 13. The summed E-state index contributed by atoms with van der Waals surface area (Å²) in [6.45, 7) is 12.4. The number of nitrogens with one attached hydrogen (secondary N) is 3. The Hall–Kier alpha value is -5.91. The summed E-state index contributed by atoms with van der Waals surface area (Å²) in [5.41, 5.74) is 3.38. The van der Waals surface area contributed by atoms with E-state index in [1.807, 2.05) is 13.0 Å². The van der Waals surface area contributed by atoms with Crippen LogP contribution in [0.4, 0.5) is 17.1 Å². The minimum absolute atomic E-state index is 0.00591. The fourth-order valence-electron chi connectivity index (χ4n) is 11.8. The van der Waals surface area contributed by atoms with E-state index in [0.29, 0.717) is 49.2 Å². The van der Waals surface area contributed by atoms with E-state index in [9.17, 15) is 28.4 Å². The zero-order valence-corrected chi connectivity index (χ0v) is 40.6. The number of likely N-dealkylation sites (tertiary alicyclic amines) is 1. The molecule has 5 aliphatic rings. The van der Waals surface area contributed by atoms with Crippen LogP contribution in [0.5, 0.6) is 23.1 Å². The van der Waals surface area contributed by atoms with Crippen LogP contribution in [0.1, 0.15) is 119 Å². The number of carbonyl (C=O) groups excluding carboxylic acids is 1. The molecule has 366 valence electrons. The highest BCUT2D eigenvalue weighted by atomic mass is 32.2. The van der Waals surface area contributed by atoms with Crippen LogP contribution in [0.2, 0.25) is 0 Å². The molecule has 0 unspecified atom stereocenters. The molecule has 4 N–H and O–H groups in total. The number of aromatic nitrogens is 2. The average Bonchev–Trinajstić information content (AvgIpc) is 4.00. The number of carbonyl (C=O) groups is 1. The van der Waals surface area contributed by atoms with Crippen molar-refractivity contribution in [3.63, 3.8) is 0 Å². The number of amides is 1. The number of aromatic amines is 1. The molecule has 3 aliphatic heterocycles. The summed E-state index contributed by atoms with van der Waals surface area (Å²) in [7, 11) is -4.70. The van der Waals surface area contributed by atoms with Gasteiger partial charge in [-0.15, -0.1) is 0 Å². The predicted octanol–water partition coefficient (Wildman–Crippen LogP) is 9.26. The number of nitrogens with zero attached hydrogens (tertiary/aromatic N) is 4. The Morgan fingerprint density at radius 2 is 1.78 bits per heavy atom. The number of anilines is 2. The number of aliphatic hydroxyl groups is 1. The number of hydrogen-bond donors (Lipinski definition) is 4. The third-order valence-electron chi connectivity index (χ3n) is 15.6. The number of hydrogen-bond acceptors (Lipinski definition) is 13.